The fourth-order valence-corrected chi connectivity index (χ4v) is 1.56. The van der Waals surface area contributed by atoms with E-state index in [0.29, 0.717) is 5.52 Å². The van der Waals surface area contributed by atoms with Gasteiger partial charge in [-0.25, -0.2) is 0 Å². The number of aromatic amines is 1. The lowest BCUT2D eigenvalue weighted by Crippen LogP contribution is -2.05. The number of Topliss-reactive ketones (excluding diaryl/α,β-unsaturated/α-hetero) is 1. The Kier molecular flexibility index (Phi) is 2.49. The molecule has 0 bridgehead atoms. The Balaban J connectivity index is 2.66. The molecule has 1 aromatic carbocycles. The summed E-state index contributed by atoms with van der Waals surface area (Å²) >= 11 is 0. The summed E-state index contributed by atoms with van der Waals surface area (Å²) < 4.78 is 37.4. The number of carbonyl (C=O) groups is 2. The molecule has 3 nitrogen and oxygen atoms in total. The van der Waals surface area contributed by atoms with Crippen LogP contribution in [0.3, 0.4) is 0 Å². The second-order valence-corrected chi connectivity index (χ2v) is 3.44. The van der Waals surface area contributed by atoms with Crippen molar-refractivity contribution in [2.24, 2.45) is 0 Å². The van der Waals surface area contributed by atoms with E-state index in [4.69, 9.17) is 0 Å². The Bertz CT molecular complexity index is 598. The first-order chi connectivity index (χ1) is 7.93. The van der Waals surface area contributed by atoms with Crippen molar-refractivity contribution in [3.63, 3.8) is 0 Å². The van der Waals surface area contributed by atoms with Crippen LogP contribution in [0.2, 0.25) is 0 Å². The molecule has 0 atom stereocenters. The van der Waals surface area contributed by atoms with E-state index >= 15 is 0 Å². The Morgan fingerprint density at radius 2 is 2.00 bits per heavy atom. The molecule has 0 aliphatic carbocycles. The number of nitrogens with one attached hydrogen (secondary N) is 1. The molecule has 0 unspecified atom stereocenters. The van der Waals surface area contributed by atoms with Crippen LogP contribution in [0.1, 0.15) is 15.9 Å². The van der Waals surface area contributed by atoms with Crippen LogP contribution >= 0.6 is 0 Å². The first-order valence-corrected chi connectivity index (χ1v) is 4.61. The molecule has 0 amide bonds. The summed E-state index contributed by atoms with van der Waals surface area (Å²) in [5.74, 6) is -0.851. The summed E-state index contributed by atoms with van der Waals surface area (Å²) in [4.78, 5) is 24.2. The van der Waals surface area contributed by atoms with E-state index in [-0.39, 0.29) is 17.2 Å². The summed E-state index contributed by atoms with van der Waals surface area (Å²) in [6.07, 6.45) is -3.18. The minimum Gasteiger partial charge on any atom is -0.360 e. The molecule has 1 aromatic heterocycles. The number of aromatic nitrogens is 1. The van der Waals surface area contributed by atoms with Crippen LogP contribution in [0.4, 0.5) is 13.2 Å². The van der Waals surface area contributed by atoms with Crippen LogP contribution in [0.15, 0.2) is 24.4 Å². The van der Waals surface area contributed by atoms with Gasteiger partial charge >= 0.3 is 6.18 Å². The van der Waals surface area contributed by atoms with E-state index < -0.39 is 17.5 Å². The quantitative estimate of drug-likeness (QED) is 0.499. The third-order valence-corrected chi connectivity index (χ3v) is 2.38. The first kappa shape index (κ1) is 11.4. The predicted octanol–water partition coefficient (Wildman–Crippen LogP) is 2.57. The standard InChI is InChI=1S/C11H6F3NO2/c12-11(13,14)6-1-2-9-7(3-6)8(4-15-9)10(17)5-16/h1-5,15H. The molecule has 2 aromatic rings. The van der Waals surface area contributed by atoms with Gasteiger partial charge in [-0.05, 0) is 18.2 Å². The number of benzene rings is 1. The molecule has 2 rings (SSSR count). The van der Waals surface area contributed by atoms with E-state index in [2.05, 4.69) is 4.98 Å². The third kappa shape index (κ3) is 1.93. The molecule has 0 spiro atoms. The maximum atomic E-state index is 12.5. The smallest absolute Gasteiger partial charge is 0.360 e. The maximum absolute atomic E-state index is 12.5. The second-order valence-electron chi connectivity index (χ2n) is 3.44. The average Bonchev–Trinajstić information content (AvgIpc) is 2.69. The van der Waals surface area contributed by atoms with Gasteiger partial charge in [-0.3, -0.25) is 9.59 Å². The van der Waals surface area contributed by atoms with Crippen LogP contribution in [-0.4, -0.2) is 17.1 Å². The molecule has 1 heterocycles. The zero-order chi connectivity index (χ0) is 12.6. The van der Waals surface area contributed by atoms with Crippen LogP contribution in [0.5, 0.6) is 0 Å². The minimum atomic E-state index is -4.48. The molecular formula is C11H6F3NO2. The first-order valence-electron chi connectivity index (χ1n) is 4.61. The van der Waals surface area contributed by atoms with Gasteiger partial charge in [-0.1, -0.05) is 0 Å². The van der Waals surface area contributed by atoms with Crippen molar-refractivity contribution in [1.82, 2.24) is 4.98 Å². The zero-order valence-electron chi connectivity index (χ0n) is 8.34. The van der Waals surface area contributed by atoms with Gasteiger partial charge in [0.2, 0.25) is 5.78 Å². The van der Waals surface area contributed by atoms with Crippen LogP contribution < -0.4 is 0 Å². The van der Waals surface area contributed by atoms with Gasteiger partial charge in [0.1, 0.15) is 0 Å². The molecule has 0 radical (unpaired) electrons. The zero-order valence-corrected chi connectivity index (χ0v) is 8.34. The summed E-state index contributed by atoms with van der Waals surface area (Å²) in [6.45, 7) is 0. The fraction of sp³-hybridized carbons (Fsp3) is 0.0909. The fourth-order valence-electron chi connectivity index (χ4n) is 1.56. The lowest BCUT2D eigenvalue weighted by atomic mass is 10.1. The van der Waals surface area contributed by atoms with Crippen molar-refractivity contribution < 1.29 is 22.8 Å². The number of aldehydes is 1. The Morgan fingerprint density at radius 1 is 1.29 bits per heavy atom. The van der Waals surface area contributed by atoms with Gasteiger partial charge in [-0.15, -0.1) is 0 Å². The SMILES string of the molecule is O=CC(=O)c1c[nH]c2ccc(C(F)(F)F)cc12. The Morgan fingerprint density at radius 3 is 2.59 bits per heavy atom. The molecule has 1 N–H and O–H groups in total. The van der Waals surface area contributed by atoms with E-state index in [0.717, 1.165) is 12.1 Å². The van der Waals surface area contributed by atoms with E-state index in [1.807, 2.05) is 0 Å². The highest BCUT2D eigenvalue weighted by molar-refractivity contribution is 6.36. The third-order valence-electron chi connectivity index (χ3n) is 2.38. The number of H-pyrrole nitrogens is 1. The summed E-state index contributed by atoms with van der Waals surface area (Å²) in [6, 6.07) is 2.98. The summed E-state index contributed by atoms with van der Waals surface area (Å²) in [5, 5.41) is 0.0944. The number of halogens is 3. The van der Waals surface area contributed by atoms with Crippen molar-refractivity contribution >= 4 is 23.0 Å². The van der Waals surface area contributed by atoms with Gasteiger partial charge in [0.15, 0.2) is 6.29 Å². The molecule has 6 heteroatoms. The van der Waals surface area contributed by atoms with Crippen molar-refractivity contribution in [3.05, 3.63) is 35.5 Å². The van der Waals surface area contributed by atoms with Crippen molar-refractivity contribution in [3.8, 4) is 0 Å². The predicted molar refractivity (Wildman–Crippen MR) is 53.7 cm³/mol. The normalized spacial score (nSPS) is 11.7. The lowest BCUT2D eigenvalue weighted by molar-refractivity contribution is -0.137. The molecular weight excluding hydrogens is 235 g/mol. The van der Waals surface area contributed by atoms with Gasteiger partial charge in [0.05, 0.1) is 11.1 Å². The number of carbonyl (C=O) groups excluding carboxylic acids is 2. The number of alkyl halides is 3. The van der Waals surface area contributed by atoms with Crippen molar-refractivity contribution in [2.45, 2.75) is 6.18 Å². The molecule has 0 saturated heterocycles. The lowest BCUT2D eigenvalue weighted by Gasteiger charge is -2.06. The van der Waals surface area contributed by atoms with Crippen molar-refractivity contribution in [1.29, 1.82) is 0 Å². The van der Waals surface area contributed by atoms with Crippen LogP contribution in [0.25, 0.3) is 10.9 Å². The Labute approximate surface area is 93.2 Å². The minimum absolute atomic E-state index is 0.0545. The number of ketones is 1. The highest BCUT2D eigenvalue weighted by atomic mass is 19.4. The highest BCUT2D eigenvalue weighted by Crippen LogP contribution is 2.32. The summed E-state index contributed by atoms with van der Waals surface area (Å²) in [5.41, 5.74) is -0.533. The number of hydrogen-bond acceptors (Lipinski definition) is 2. The van der Waals surface area contributed by atoms with Gasteiger partial charge < -0.3 is 4.98 Å². The maximum Gasteiger partial charge on any atom is 0.416 e. The molecule has 88 valence electrons. The van der Waals surface area contributed by atoms with E-state index in [9.17, 15) is 22.8 Å². The van der Waals surface area contributed by atoms with E-state index in [1.165, 1.54) is 12.3 Å². The average molecular weight is 241 g/mol. The van der Waals surface area contributed by atoms with Gasteiger partial charge in [-0.2, -0.15) is 13.2 Å². The molecule has 0 aliphatic rings. The summed E-state index contributed by atoms with van der Waals surface area (Å²) in [7, 11) is 0. The monoisotopic (exact) mass is 241 g/mol. The van der Waals surface area contributed by atoms with E-state index in [1.54, 1.807) is 0 Å². The van der Waals surface area contributed by atoms with Crippen LogP contribution in [0, 0.1) is 0 Å². The molecule has 17 heavy (non-hydrogen) atoms. The molecule has 0 aliphatic heterocycles. The number of hydrogen-bond donors (Lipinski definition) is 1. The van der Waals surface area contributed by atoms with Crippen molar-refractivity contribution in [2.75, 3.05) is 0 Å². The second kappa shape index (κ2) is 3.73. The molecule has 0 fully saturated rings. The topological polar surface area (TPSA) is 49.9 Å². The highest BCUT2D eigenvalue weighted by Gasteiger charge is 2.31. The van der Waals surface area contributed by atoms with Gasteiger partial charge in [0, 0.05) is 17.1 Å². The van der Waals surface area contributed by atoms with Gasteiger partial charge in [0.25, 0.3) is 0 Å². The Hall–Kier alpha value is -2.11. The molecule has 0 saturated carbocycles. The number of rotatable bonds is 2. The number of fused-ring (bicyclic) bond motifs is 1. The largest absolute Gasteiger partial charge is 0.416 e. The van der Waals surface area contributed by atoms with Crippen LogP contribution in [-0.2, 0) is 11.0 Å².